The molecular weight excluding hydrogens is 267 g/mol. The van der Waals surface area contributed by atoms with Crippen LogP contribution in [0.3, 0.4) is 0 Å². The predicted octanol–water partition coefficient (Wildman–Crippen LogP) is 3.17. The molecule has 1 aliphatic rings. The van der Waals surface area contributed by atoms with Crippen molar-refractivity contribution >= 4 is 0 Å². The molecule has 0 spiro atoms. The Bertz CT molecular complexity index is 638. The summed E-state index contributed by atoms with van der Waals surface area (Å²) in [7, 11) is 0. The fraction of sp³-hybridized carbons (Fsp3) is 0.500. The highest BCUT2D eigenvalue weighted by Gasteiger charge is 2.26. The maximum atomic E-state index is 13.5. The monoisotopic (exact) mass is 288 g/mol. The Hall–Kier alpha value is -1.75. The number of nitrogens with one attached hydrogen (secondary N) is 1. The summed E-state index contributed by atoms with van der Waals surface area (Å²) in [6.07, 6.45) is 5.58. The van der Waals surface area contributed by atoms with Gasteiger partial charge in [-0.25, -0.2) is 14.1 Å². The van der Waals surface area contributed by atoms with Crippen LogP contribution in [0.5, 0.6) is 0 Å². The van der Waals surface area contributed by atoms with Crippen LogP contribution in [0.1, 0.15) is 50.8 Å². The summed E-state index contributed by atoms with van der Waals surface area (Å²) in [4.78, 5) is 4.23. The van der Waals surface area contributed by atoms with Gasteiger partial charge < -0.3 is 5.32 Å². The molecule has 2 aromatic rings. The summed E-state index contributed by atoms with van der Waals surface area (Å²) in [5, 5.41) is 7.95. The van der Waals surface area contributed by atoms with E-state index in [0.717, 1.165) is 11.3 Å². The van der Waals surface area contributed by atoms with E-state index in [1.165, 1.54) is 25.1 Å². The third-order valence-corrected chi connectivity index (χ3v) is 3.54. The van der Waals surface area contributed by atoms with Crippen molar-refractivity contribution in [2.75, 3.05) is 0 Å². The molecule has 112 valence electrons. The summed E-state index contributed by atoms with van der Waals surface area (Å²) in [6.45, 7) is 6.80. The van der Waals surface area contributed by atoms with Crippen molar-refractivity contribution in [3.8, 4) is 5.82 Å². The van der Waals surface area contributed by atoms with Gasteiger partial charge in [-0.05, 0) is 45.7 Å². The first kappa shape index (κ1) is 14.2. The molecule has 3 rings (SSSR count). The molecule has 0 unspecified atom stereocenters. The van der Waals surface area contributed by atoms with Gasteiger partial charge in [-0.1, -0.05) is 0 Å². The second-order valence-corrected chi connectivity index (χ2v) is 6.70. The normalized spacial score (nSPS) is 15.4. The minimum atomic E-state index is -0.320. The van der Waals surface area contributed by atoms with Crippen molar-refractivity contribution in [1.29, 1.82) is 0 Å². The van der Waals surface area contributed by atoms with E-state index < -0.39 is 0 Å². The average molecular weight is 288 g/mol. The molecule has 1 N–H and O–H groups in total. The van der Waals surface area contributed by atoms with Crippen molar-refractivity contribution in [2.24, 2.45) is 0 Å². The molecule has 0 radical (unpaired) electrons. The van der Waals surface area contributed by atoms with Gasteiger partial charge in [0.15, 0.2) is 5.82 Å². The maximum Gasteiger partial charge on any atom is 0.157 e. The number of rotatable bonds is 4. The van der Waals surface area contributed by atoms with E-state index >= 15 is 0 Å². The van der Waals surface area contributed by atoms with Crippen molar-refractivity contribution in [3.63, 3.8) is 0 Å². The summed E-state index contributed by atoms with van der Waals surface area (Å²) in [6, 6.07) is 3.56. The minimum absolute atomic E-state index is 0.0348. The van der Waals surface area contributed by atoms with E-state index in [1.807, 2.05) is 12.3 Å². The zero-order valence-electron chi connectivity index (χ0n) is 12.7. The van der Waals surface area contributed by atoms with Gasteiger partial charge in [0, 0.05) is 29.8 Å². The lowest BCUT2D eigenvalue weighted by Gasteiger charge is -2.21. The molecule has 0 bridgehead atoms. The molecule has 2 heterocycles. The third kappa shape index (κ3) is 3.47. The summed E-state index contributed by atoms with van der Waals surface area (Å²) < 4.78 is 15.3. The van der Waals surface area contributed by atoms with Gasteiger partial charge in [-0.2, -0.15) is 5.10 Å². The fourth-order valence-corrected chi connectivity index (χ4v) is 2.22. The molecule has 1 aliphatic carbocycles. The van der Waals surface area contributed by atoms with Gasteiger partial charge in [0.2, 0.25) is 0 Å². The van der Waals surface area contributed by atoms with E-state index in [9.17, 15) is 4.39 Å². The van der Waals surface area contributed by atoms with Crippen LogP contribution in [-0.4, -0.2) is 20.3 Å². The number of pyridine rings is 1. The van der Waals surface area contributed by atoms with Gasteiger partial charge in [0.05, 0.1) is 11.9 Å². The second-order valence-electron chi connectivity index (χ2n) is 6.70. The van der Waals surface area contributed by atoms with Crippen LogP contribution in [0, 0.1) is 5.82 Å². The Kier molecular flexibility index (Phi) is 3.53. The number of halogens is 1. The molecule has 0 saturated heterocycles. The quantitative estimate of drug-likeness (QED) is 0.939. The molecule has 0 atom stereocenters. The Morgan fingerprint density at radius 3 is 2.81 bits per heavy atom. The van der Waals surface area contributed by atoms with Crippen LogP contribution in [-0.2, 0) is 6.54 Å². The van der Waals surface area contributed by atoms with E-state index in [0.29, 0.717) is 18.3 Å². The van der Waals surface area contributed by atoms with Gasteiger partial charge in [0.1, 0.15) is 5.82 Å². The highest BCUT2D eigenvalue weighted by molar-refractivity contribution is 5.34. The van der Waals surface area contributed by atoms with E-state index in [4.69, 9.17) is 0 Å². The average Bonchev–Trinajstić information content (AvgIpc) is 3.14. The molecular formula is C16H21FN4. The molecule has 0 aromatic carbocycles. The minimum Gasteiger partial charge on any atom is -0.308 e. The molecule has 1 saturated carbocycles. The predicted molar refractivity (Wildman–Crippen MR) is 79.9 cm³/mol. The topological polar surface area (TPSA) is 42.7 Å². The lowest BCUT2D eigenvalue weighted by atomic mass is 10.1. The number of hydrogen-bond acceptors (Lipinski definition) is 3. The van der Waals surface area contributed by atoms with Gasteiger partial charge in [0.25, 0.3) is 0 Å². The lowest BCUT2D eigenvalue weighted by Crippen LogP contribution is -2.35. The SMILES string of the molecule is CC(C)(C)NCc1cc(F)cnc1-n1ccc(C2CC2)n1. The maximum absolute atomic E-state index is 13.5. The molecule has 2 aromatic heterocycles. The van der Waals surface area contributed by atoms with Gasteiger partial charge in [-0.3, -0.25) is 0 Å². The van der Waals surface area contributed by atoms with Gasteiger partial charge in [-0.15, -0.1) is 0 Å². The molecule has 0 amide bonds. The smallest absolute Gasteiger partial charge is 0.157 e. The number of nitrogens with zero attached hydrogens (tertiary/aromatic N) is 3. The number of aromatic nitrogens is 3. The van der Waals surface area contributed by atoms with Crippen LogP contribution in [0.4, 0.5) is 4.39 Å². The van der Waals surface area contributed by atoms with Crippen molar-refractivity contribution in [2.45, 2.75) is 51.6 Å². The Morgan fingerprint density at radius 1 is 1.38 bits per heavy atom. The lowest BCUT2D eigenvalue weighted by molar-refractivity contribution is 0.422. The van der Waals surface area contributed by atoms with Crippen LogP contribution in [0.15, 0.2) is 24.5 Å². The Labute approximate surface area is 124 Å². The van der Waals surface area contributed by atoms with E-state index in [2.05, 4.69) is 36.2 Å². The summed E-state index contributed by atoms with van der Waals surface area (Å²) in [5.41, 5.74) is 1.89. The van der Waals surface area contributed by atoms with E-state index in [-0.39, 0.29) is 11.4 Å². The van der Waals surface area contributed by atoms with Crippen LogP contribution in [0.2, 0.25) is 0 Å². The van der Waals surface area contributed by atoms with Crippen molar-refractivity contribution in [1.82, 2.24) is 20.1 Å². The number of hydrogen-bond donors (Lipinski definition) is 1. The van der Waals surface area contributed by atoms with Crippen LogP contribution in [0.25, 0.3) is 5.82 Å². The van der Waals surface area contributed by atoms with Crippen LogP contribution < -0.4 is 5.32 Å². The summed E-state index contributed by atoms with van der Waals surface area (Å²) >= 11 is 0. The largest absolute Gasteiger partial charge is 0.308 e. The highest BCUT2D eigenvalue weighted by atomic mass is 19.1. The molecule has 21 heavy (non-hydrogen) atoms. The third-order valence-electron chi connectivity index (χ3n) is 3.54. The molecule has 1 fully saturated rings. The molecule has 5 heteroatoms. The molecule has 0 aliphatic heterocycles. The zero-order valence-corrected chi connectivity index (χ0v) is 12.7. The first-order chi connectivity index (χ1) is 9.92. The fourth-order valence-electron chi connectivity index (χ4n) is 2.22. The van der Waals surface area contributed by atoms with Crippen molar-refractivity contribution in [3.05, 3.63) is 41.6 Å². The second kappa shape index (κ2) is 5.22. The van der Waals surface area contributed by atoms with Crippen molar-refractivity contribution < 1.29 is 4.39 Å². The van der Waals surface area contributed by atoms with Crippen LogP contribution >= 0.6 is 0 Å². The first-order valence-electron chi connectivity index (χ1n) is 7.38. The Morgan fingerprint density at radius 2 is 2.14 bits per heavy atom. The summed E-state index contributed by atoms with van der Waals surface area (Å²) in [5.74, 6) is 0.974. The molecule has 4 nitrogen and oxygen atoms in total. The highest BCUT2D eigenvalue weighted by Crippen LogP contribution is 2.39. The standard InChI is InChI=1S/C16H21FN4/c1-16(2,3)19-9-12-8-13(17)10-18-15(12)21-7-6-14(20-21)11-4-5-11/h6-8,10-11,19H,4-5,9H2,1-3H3. The first-order valence-corrected chi connectivity index (χ1v) is 7.38. The Balaban J connectivity index is 1.88. The van der Waals surface area contributed by atoms with E-state index in [1.54, 1.807) is 4.68 Å². The zero-order chi connectivity index (χ0) is 15.0. The van der Waals surface area contributed by atoms with Gasteiger partial charge >= 0.3 is 0 Å².